The molecule has 1 aliphatic carbocycles. The molecule has 3 heterocycles. The van der Waals surface area contributed by atoms with Crippen LogP contribution in [0, 0.1) is 17.6 Å². The van der Waals surface area contributed by atoms with Crippen molar-refractivity contribution < 1.29 is 32.5 Å². The van der Waals surface area contributed by atoms with Crippen LogP contribution < -0.4 is 10.1 Å². The molecule has 1 amide bonds. The van der Waals surface area contributed by atoms with Crippen LogP contribution in [0.2, 0.25) is 0 Å². The molecule has 0 spiro atoms. The molecule has 1 aromatic carbocycles. The van der Waals surface area contributed by atoms with E-state index in [2.05, 4.69) is 15.3 Å². The van der Waals surface area contributed by atoms with Gasteiger partial charge in [0.05, 0.1) is 31.3 Å². The van der Waals surface area contributed by atoms with Gasteiger partial charge < -0.3 is 29.4 Å². The quantitative estimate of drug-likeness (QED) is 0.329. The number of methoxy groups -OCH3 is 1. The highest BCUT2D eigenvalue weighted by Crippen LogP contribution is 2.41. The second-order valence-electron chi connectivity index (χ2n) is 10.6. The molecule has 9 nitrogen and oxygen atoms in total. The fourth-order valence-electron chi connectivity index (χ4n) is 5.90. The van der Waals surface area contributed by atoms with Crippen molar-refractivity contribution in [1.29, 1.82) is 0 Å². The van der Waals surface area contributed by atoms with Crippen LogP contribution >= 0.6 is 24.8 Å². The van der Waals surface area contributed by atoms with Gasteiger partial charge in [-0.2, -0.15) is 9.37 Å². The number of imidazole rings is 1. The summed E-state index contributed by atoms with van der Waals surface area (Å²) >= 11 is 0. The Morgan fingerprint density at radius 2 is 1.93 bits per heavy atom. The summed E-state index contributed by atoms with van der Waals surface area (Å²) in [4.78, 5) is 23.6. The number of ether oxygens (including phenoxy) is 2. The number of aliphatic hydroxyl groups is 1. The minimum absolute atomic E-state index is 0. The fraction of sp³-hybridized carbons (Fsp3) is 0.483. The molecule has 236 valence electrons. The number of halogens is 5. The zero-order chi connectivity index (χ0) is 29.0. The zero-order valence-corrected chi connectivity index (χ0v) is 25.3. The fourth-order valence-corrected chi connectivity index (χ4v) is 5.90. The smallest absolute Gasteiger partial charge is 0.275 e. The van der Waals surface area contributed by atoms with Gasteiger partial charge in [-0.25, -0.2) is 13.8 Å². The number of pyridine rings is 1. The first kappa shape index (κ1) is 34.6. The Kier molecular flexibility index (Phi) is 12.2. The van der Waals surface area contributed by atoms with Crippen molar-refractivity contribution in [3.8, 4) is 17.1 Å². The second-order valence-corrected chi connectivity index (χ2v) is 10.6. The normalized spacial score (nSPS) is 21.9. The molecule has 1 saturated heterocycles. The highest BCUT2D eigenvalue weighted by Gasteiger charge is 2.42. The van der Waals surface area contributed by atoms with Crippen molar-refractivity contribution in [2.75, 3.05) is 40.0 Å². The van der Waals surface area contributed by atoms with Gasteiger partial charge in [0.15, 0.2) is 17.3 Å². The molecule has 3 atom stereocenters. The van der Waals surface area contributed by atoms with Crippen LogP contribution in [0.4, 0.5) is 13.2 Å². The van der Waals surface area contributed by atoms with Gasteiger partial charge in [0.2, 0.25) is 0 Å². The van der Waals surface area contributed by atoms with Crippen molar-refractivity contribution in [1.82, 2.24) is 24.8 Å². The van der Waals surface area contributed by atoms with Crippen LogP contribution in [0.15, 0.2) is 42.7 Å². The molecule has 43 heavy (non-hydrogen) atoms. The third-order valence-electron chi connectivity index (χ3n) is 7.89. The van der Waals surface area contributed by atoms with E-state index in [1.807, 2.05) is 34.9 Å². The van der Waals surface area contributed by atoms with E-state index in [0.29, 0.717) is 44.2 Å². The van der Waals surface area contributed by atoms with Gasteiger partial charge >= 0.3 is 0 Å². The topological polar surface area (TPSA) is 102 Å². The van der Waals surface area contributed by atoms with Gasteiger partial charge in [0.25, 0.3) is 17.7 Å². The third kappa shape index (κ3) is 7.43. The van der Waals surface area contributed by atoms with Gasteiger partial charge in [-0.3, -0.25) is 4.79 Å². The summed E-state index contributed by atoms with van der Waals surface area (Å²) in [6.07, 6.45) is 5.02. The largest absolute Gasteiger partial charge is 0.475 e. The molecule has 0 unspecified atom stereocenters. The lowest BCUT2D eigenvalue weighted by molar-refractivity contribution is -0.0893. The number of nitrogens with one attached hydrogen (secondary N) is 1. The average molecular weight is 647 g/mol. The molecule has 3 aromatic rings. The van der Waals surface area contributed by atoms with Crippen molar-refractivity contribution in [2.24, 2.45) is 0 Å². The Balaban J connectivity index is 0.00000253. The molecule has 2 aromatic heterocycles. The number of hydrogen-bond acceptors (Lipinski definition) is 7. The second kappa shape index (κ2) is 15.2. The van der Waals surface area contributed by atoms with Crippen molar-refractivity contribution in [3.05, 3.63) is 66.0 Å². The van der Waals surface area contributed by atoms with E-state index in [0.717, 1.165) is 18.4 Å². The minimum atomic E-state index is -1.45. The molecule has 14 heteroatoms. The molecular weight excluding hydrogens is 610 g/mol. The van der Waals surface area contributed by atoms with E-state index >= 15 is 0 Å². The Hall–Kier alpha value is -2.90. The highest BCUT2D eigenvalue weighted by atomic mass is 35.5. The molecule has 2 aliphatic rings. The number of benzene rings is 1. The lowest BCUT2D eigenvalue weighted by Crippen LogP contribution is -2.54. The van der Waals surface area contributed by atoms with E-state index in [-0.39, 0.29) is 68.1 Å². The maximum absolute atomic E-state index is 14.1. The maximum atomic E-state index is 14.1. The maximum Gasteiger partial charge on any atom is 0.275 e. The van der Waals surface area contributed by atoms with Crippen LogP contribution in [-0.2, 0) is 4.74 Å². The van der Waals surface area contributed by atoms with E-state index in [1.165, 1.54) is 0 Å². The Labute approximate surface area is 260 Å². The average Bonchev–Trinajstić information content (AvgIpc) is 3.41. The number of rotatable bonds is 9. The van der Waals surface area contributed by atoms with E-state index in [9.17, 15) is 23.1 Å². The van der Waals surface area contributed by atoms with Crippen LogP contribution in [0.3, 0.4) is 0 Å². The molecule has 1 aliphatic heterocycles. The first-order chi connectivity index (χ1) is 19.8. The van der Waals surface area contributed by atoms with Gasteiger partial charge in [-0.05, 0) is 12.8 Å². The first-order valence-electron chi connectivity index (χ1n) is 13.8. The number of carbonyl (C=O) groups is 1. The summed E-state index contributed by atoms with van der Waals surface area (Å²) < 4.78 is 53.3. The Morgan fingerprint density at radius 3 is 2.67 bits per heavy atom. The Morgan fingerprint density at radius 1 is 1.16 bits per heavy atom. The number of amides is 1. The van der Waals surface area contributed by atoms with E-state index in [1.54, 1.807) is 18.3 Å². The predicted octanol–water partition coefficient (Wildman–Crippen LogP) is 4.58. The van der Waals surface area contributed by atoms with Gasteiger partial charge in [-0.1, -0.05) is 43.2 Å². The monoisotopic (exact) mass is 645 g/mol. The molecule has 0 radical (unpaired) electrons. The molecule has 5 rings (SSSR count). The molecular formula is C29H36Cl2F3N5O4. The molecule has 1 saturated carbocycles. The van der Waals surface area contributed by atoms with Gasteiger partial charge in [-0.15, -0.1) is 24.8 Å². The van der Waals surface area contributed by atoms with Crippen molar-refractivity contribution in [3.63, 3.8) is 0 Å². The number of hydrogen-bond donors (Lipinski definition) is 2. The number of aromatic nitrogens is 3. The van der Waals surface area contributed by atoms with Crippen LogP contribution in [-0.4, -0.2) is 82.0 Å². The zero-order valence-electron chi connectivity index (χ0n) is 23.7. The molecule has 0 bridgehead atoms. The minimum Gasteiger partial charge on any atom is -0.475 e. The standard InChI is InChI=1S/C29H34F3N5O4.2ClH/c1-40-17-29(39)11-6-5-9-23(29)37-18-34-24(25(37)19-7-3-2-4-8-19)28(38)36-13-12-33-16-20(36)10-14-41-27-22(31)15-21(30)26(32)35-27;;/h2-4,7-8,15,18,20,23,33,39H,5-6,9-14,16-17H2,1H3;2*1H/t20-,23-,29-;;/m1../s1. The third-order valence-corrected chi connectivity index (χ3v) is 7.89. The number of piperazine rings is 1. The first-order valence-corrected chi connectivity index (χ1v) is 13.8. The number of nitrogens with zero attached hydrogens (tertiary/aromatic N) is 4. The van der Waals surface area contributed by atoms with E-state index < -0.39 is 29.1 Å². The summed E-state index contributed by atoms with van der Waals surface area (Å²) in [5.41, 5.74) is 0.588. The summed E-state index contributed by atoms with van der Waals surface area (Å²) in [5.74, 6) is -4.86. The predicted molar refractivity (Wildman–Crippen MR) is 158 cm³/mol. The van der Waals surface area contributed by atoms with Crippen LogP contribution in [0.5, 0.6) is 5.88 Å². The summed E-state index contributed by atoms with van der Waals surface area (Å²) in [6, 6.07) is 9.22. The van der Waals surface area contributed by atoms with Crippen molar-refractivity contribution in [2.45, 2.75) is 49.8 Å². The number of carbonyl (C=O) groups excluding carboxylic acids is 1. The Bertz CT molecular complexity index is 1370. The molecule has 2 fully saturated rings. The summed E-state index contributed by atoms with van der Waals surface area (Å²) in [5, 5.41) is 14.8. The van der Waals surface area contributed by atoms with E-state index in [4.69, 9.17) is 9.47 Å². The lowest BCUT2D eigenvalue weighted by atomic mass is 9.80. The summed E-state index contributed by atoms with van der Waals surface area (Å²) in [6.45, 7) is 1.53. The van der Waals surface area contributed by atoms with Gasteiger partial charge in [0, 0.05) is 50.8 Å². The summed E-state index contributed by atoms with van der Waals surface area (Å²) in [7, 11) is 1.57. The van der Waals surface area contributed by atoms with Crippen molar-refractivity contribution >= 4 is 30.7 Å². The van der Waals surface area contributed by atoms with Crippen LogP contribution in [0.25, 0.3) is 11.3 Å². The highest BCUT2D eigenvalue weighted by molar-refractivity contribution is 5.98. The molecule has 2 N–H and O–H groups in total. The SMILES string of the molecule is COC[C@]1(O)CCCC[C@H]1n1cnc(C(=O)N2CCNC[C@H]2CCOc2nc(F)c(F)cc2F)c1-c1ccccc1.Cl.Cl. The van der Waals surface area contributed by atoms with Crippen LogP contribution in [0.1, 0.15) is 48.6 Å². The van der Waals surface area contributed by atoms with Gasteiger partial charge in [0.1, 0.15) is 5.60 Å². The lowest BCUT2D eigenvalue weighted by Gasteiger charge is -2.41.